The van der Waals surface area contributed by atoms with E-state index in [0.29, 0.717) is 6.04 Å². The van der Waals surface area contributed by atoms with Gasteiger partial charge in [0.1, 0.15) is 0 Å². The molecule has 2 N–H and O–H groups in total. The van der Waals surface area contributed by atoms with E-state index in [2.05, 4.69) is 55.9 Å². The number of likely N-dealkylation sites (N-methyl/N-ethyl adjacent to an activating group) is 2. The summed E-state index contributed by atoms with van der Waals surface area (Å²) in [4.78, 5) is 4.87. The number of rotatable bonds is 4. The molecule has 1 aromatic carbocycles. The topological polar surface area (TPSA) is 32.5 Å². The molecule has 20 heavy (non-hydrogen) atoms. The first-order valence-corrected chi connectivity index (χ1v) is 7.66. The van der Waals surface area contributed by atoms with Crippen molar-refractivity contribution in [3.05, 3.63) is 34.9 Å². The van der Waals surface area contributed by atoms with Crippen molar-refractivity contribution in [3.63, 3.8) is 0 Å². The summed E-state index contributed by atoms with van der Waals surface area (Å²) in [6.07, 6.45) is 2.07. The third-order valence-corrected chi connectivity index (χ3v) is 4.54. The molecule has 0 radical (unpaired) electrons. The van der Waals surface area contributed by atoms with E-state index >= 15 is 0 Å². The van der Waals surface area contributed by atoms with Crippen LogP contribution in [0.1, 0.15) is 23.1 Å². The monoisotopic (exact) mass is 275 g/mol. The zero-order valence-corrected chi connectivity index (χ0v) is 13.4. The Kier molecular flexibility index (Phi) is 5.19. The highest BCUT2D eigenvalue weighted by Gasteiger charge is 2.24. The summed E-state index contributed by atoms with van der Waals surface area (Å²) in [5, 5.41) is 0. The highest BCUT2D eigenvalue weighted by molar-refractivity contribution is 5.31. The Balaban J connectivity index is 1.94. The van der Waals surface area contributed by atoms with Gasteiger partial charge in [-0.1, -0.05) is 23.8 Å². The van der Waals surface area contributed by atoms with E-state index in [1.165, 1.54) is 23.2 Å². The van der Waals surface area contributed by atoms with Crippen molar-refractivity contribution in [2.75, 3.05) is 33.7 Å². The first-order chi connectivity index (χ1) is 9.45. The number of nitrogens with two attached hydrogens (primary N) is 1. The lowest BCUT2D eigenvalue weighted by atomic mass is 9.95. The summed E-state index contributed by atoms with van der Waals surface area (Å²) in [6.45, 7) is 7.79. The van der Waals surface area contributed by atoms with Crippen molar-refractivity contribution >= 4 is 0 Å². The molecule has 2 unspecified atom stereocenters. The van der Waals surface area contributed by atoms with E-state index in [0.717, 1.165) is 25.9 Å². The van der Waals surface area contributed by atoms with E-state index in [1.54, 1.807) is 0 Å². The van der Waals surface area contributed by atoms with Crippen LogP contribution >= 0.6 is 0 Å². The van der Waals surface area contributed by atoms with Crippen LogP contribution < -0.4 is 5.73 Å². The van der Waals surface area contributed by atoms with Crippen LogP contribution in [0.3, 0.4) is 0 Å². The molecule has 2 rings (SSSR count). The predicted octanol–water partition coefficient (Wildman–Crippen LogP) is 1.81. The molecule has 0 bridgehead atoms. The molecule has 3 heteroatoms. The first kappa shape index (κ1) is 15.5. The number of hydrogen-bond donors (Lipinski definition) is 1. The van der Waals surface area contributed by atoms with Gasteiger partial charge < -0.3 is 15.5 Å². The summed E-state index contributed by atoms with van der Waals surface area (Å²) >= 11 is 0. The summed E-state index contributed by atoms with van der Waals surface area (Å²) in [5.41, 5.74) is 10.5. The summed E-state index contributed by atoms with van der Waals surface area (Å²) in [5.74, 6) is 0. The zero-order valence-electron chi connectivity index (χ0n) is 13.4. The highest BCUT2D eigenvalue weighted by Crippen LogP contribution is 2.16. The minimum absolute atomic E-state index is 0.245. The van der Waals surface area contributed by atoms with Crippen molar-refractivity contribution in [1.82, 2.24) is 9.80 Å². The van der Waals surface area contributed by atoms with Gasteiger partial charge in [0.05, 0.1) is 0 Å². The molecule has 2 atom stereocenters. The molecule has 1 aliphatic heterocycles. The Morgan fingerprint density at radius 2 is 2.00 bits per heavy atom. The first-order valence-electron chi connectivity index (χ1n) is 7.66. The average Bonchev–Trinajstić information content (AvgIpc) is 2.38. The van der Waals surface area contributed by atoms with E-state index in [-0.39, 0.29) is 6.04 Å². The van der Waals surface area contributed by atoms with Gasteiger partial charge in [-0.05, 0) is 51.9 Å². The molecular formula is C17H29N3. The Morgan fingerprint density at radius 3 is 2.75 bits per heavy atom. The van der Waals surface area contributed by atoms with Gasteiger partial charge in [-0.15, -0.1) is 0 Å². The Hall–Kier alpha value is -0.900. The van der Waals surface area contributed by atoms with Gasteiger partial charge in [0.2, 0.25) is 0 Å². The molecule has 1 aliphatic rings. The molecule has 112 valence electrons. The molecule has 1 saturated heterocycles. The maximum atomic E-state index is 6.42. The van der Waals surface area contributed by atoms with Gasteiger partial charge in [0, 0.05) is 31.7 Å². The summed E-state index contributed by atoms with van der Waals surface area (Å²) < 4.78 is 0. The van der Waals surface area contributed by atoms with E-state index in [4.69, 9.17) is 5.73 Å². The second kappa shape index (κ2) is 6.70. The standard InChI is InChI=1S/C17H29N3/c1-13-5-6-14(2)15(9-13)10-16(18)11-17-12-19(3)7-8-20(17)4/h5-6,9,16-17H,7-8,10-12,18H2,1-4H3. The van der Waals surface area contributed by atoms with Crippen LogP contribution in [0.25, 0.3) is 0 Å². The Labute approximate surface area is 123 Å². The number of piperazine rings is 1. The van der Waals surface area contributed by atoms with Crippen LogP contribution in [0.4, 0.5) is 0 Å². The van der Waals surface area contributed by atoms with Crippen LogP contribution in [-0.2, 0) is 6.42 Å². The van der Waals surface area contributed by atoms with Crippen molar-refractivity contribution in [2.45, 2.75) is 38.8 Å². The van der Waals surface area contributed by atoms with Crippen molar-refractivity contribution in [2.24, 2.45) is 5.73 Å². The maximum absolute atomic E-state index is 6.42. The van der Waals surface area contributed by atoms with Crippen LogP contribution in [0, 0.1) is 13.8 Å². The minimum atomic E-state index is 0.245. The third kappa shape index (κ3) is 4.05. The Morgan fingerprint density at radius 1 is 1.25 bits per heavy atom. The highest BCUT2D eigenvalue weighted by atomic mass is 15.3. The molecule has 1 heterocycles. The van der Waals surface area contributed by atoms with Gasteiger partial charge in [0.25, 0.3) is 0 Å². The molecule has 1 aromatic rings. The molecular weight excluding hydrogens is 246 g/mol. The van der Waals surface area contributed by atoms with Crippen LogP contribution in [0.2, 0.25) is 0 Å². The zero-order chi connectivity index (χ0) is 14.7. The fraction of sp³-hybridized carbons (Fsp3) is 0.647. The normalized spacial score (nSPS) is 22.9. The molecule has 0 aliphatic carbocycles. The van der Waals surface area contributed by atoms with E-state index in [9.17, 15) is 0 Å². The van der Waals surface area contributed by atoms with Crippen molar-refractivity contribution in [1.29, 1.82) is 0 Å². The molecule has 3 nitrogen and oxygen atoms in total. The van der Waals surface area contributed by atoms with Gasteiger partial charge in [-0.25, -0.2) is 0 Å². The van der Waals surface area contributed by atoms with E-state index < -0.39 is 0 Å². The average molecular weight is 275 g/mol. The Bertz CT molecular complexity index is 444. The quantitative estimate of drug-likeness (QED) is 0.909. The number of aryl methyl sites for hydroxylation is 2. The molecule has 0 aromatic heterocycles. The van der Waals surface area contributed by atoms with Crippen molar-refractivity contribution < 1.29 is 0 Å². The van der Waals surface area contributed by atoms with Gasteiger partial charge in [-0.2, -0.15) is 0 Å². The largest absolute Gasteiger partial charge is 0.327 e. The van der Waals surface area contributed by atoms with Crippen LogP contribution in [0.15, 0.2) is 18.2 Å². The lowest BCUT2D eigenvalue weighted by Crippen LogP contribution is -2.51. The van der Waals surface area contributed by atoms with Crippen LogP contribution in [0.5, 0.6) is 0 Å². The summed E-state index contributed by atoms with van der Waals surface area (Å²) in [7, 11) is 4.43. The van der Waals surface area contributed by atoms with Gasteiger partial charge in [0.15, 0.2) is 0 Å². The third-order valence-electron chi connectivity index (χ3n) is 4.54. The van der Waals surface area contributed by atoms with Gasteiger partial charge in [-0.3, -0.25) is 0 Å². The van der Waals surface area contributed by atoms with Crippen molar-refractivity contribution in [3.8, 4) is 0 Å². The second-order valence-corrected chi connectivity index (χ2v) is 6.53. The fourth-order valence-corrected chi connectivity index (χ4v) is 3.09. The number of benzene rings is 1. The number of nitrogens with zero attached hydrogens (tertiary/aromatic N) is 2. The lowest BCUT2D eigenvalue weighted by Gasteiger charge is -2.38. The predicted molar refractivity (Wildman–Crippen MR) is 86.1 cm³/mol. The number of hydrogen-bond acceptors (Lipinski definition) is 3. The smallest absolute Gasteiger partial charge is 0.0235 e. The second-order valence-electron chi connectivity index (χ2n) is 6.53. The SMILES string of the molecule is Cc1ccc(C)c(CC(N)CC2CN(C)CCN2C)c1. The van der Waals surface area contributed by atoms with Crippen LogP contribution in [-0.4, -0.2) is 55.6 Å². The molecule has 0 spiro atoms. The summed E-state index contributed by atoms with van der Waals surface area (Å²) in [6, 6.07) is 7.50. The minimum Gasteiger partial charge on any atom is -0.327 e. The lowest BCUT2D eigenvalue weighted by molar-refractivity contribution is 0.104. The maximum Gasteiger partial charge on any atom is 0.0235 e. The molecule has 0 saturated carbocycles. The van der Waals surface area contributed by atoms with E-state index in [1.807, 2.05) is 0 Å². The van der Waals surface area contributed by atoms with Gasteiger partial charge >= 0.3 is 0 Å². The molecule has 1 fully saturated rings. The fourth-order valence-electron chi connectivity index (χ4n) is 3.09. The molecule has 0 amide bonds.